The first-order valence-electron chi connectivity index (χ1n) is 30.4. The highest BCUT2D eigenvalue weighted by Gasteiger charge is 2.74. The van der Waals surface area contributed by atoms with Crippen LogP contribution in [0.4, 0.5) is 0 Å². The molecular formula is C63H76N8O16. The van der Waals surface area contributed by atoms with Gasteiger partial charge in [-0.1, -0.05) is 12.2 Å². The van der Waals surface area contributed by atoms with Gasteiger partial charge in [-0.3, -0.25) is 115 Å². The van der Waals surface area contributed by atoms with Gasteiger partial charge in [-0.25, -0.2) is 0 Å². The number of carbonyl (C=O) groups excluding carboxylic acids is 12. The van der Waals surface area contributed by atoms with Crippen LogP contribution in [0.25, 0.3) is 21.5 Å². The maximum Gasteiger partial charge on any atom is 0.261 e. The van der Waals surface area contributed by atoms with Gasteiger partial charge in [-0.05, 0) is 129 Å². The molecular weight excluding hydrogens is 1120 g/mol. The van der Waals surface area contributed by atoms with Crippen LogP contribution in [0.1, 0.15) is 129 Å². The Morgan fingerprint density at radius 2 is 0.437 bits per heavy atom. The quantitative estimate of drug-likeness (QED) is 0.231. The monoisotopic (exact) mass is 1200 g/mol. The first-order valence-corrected chi connectivity index (χ1v) is 30.4. The Morgan fingerprint density at radius 3 is 0.632 bits per heavy atom. The molecule has 464 valence electrons. The maximum absolute atomic E-state index is 12.8. The summed E-state index contributed by atoms with van der Waals surface area (Å²) in [6.45, 7) is 28.5. The lowest BCUT2D eigenvalue weighted by Crippen LogP contribution is -2.50. The van der Waals surface area contributed by atoms with Crippen LogP contribution < -0.4 is 22.2 Å². The Labute approximate surface area is 500 Å². The number of carbonyl (C=O) groups is 12. The fourth-order valence-electron chi connectivity index (χ4n) is 16.2. The second kappa shape index (κ2) is 21.4. The maximum atomic E-state index is 12.8. The molecule has 2 aromatic heterocycles. The third-order valence-corrected chi connectivity index (χ3v) is 19.7. The third-order valence-electron chi connectivity index (χ3n) is 19.7. The molecule has 0 spiro atoms. The number of benzene rings is 1. The summed E-state index contributed by atoms with van der Waals surface area (Å²) >= 11 is 0. The number of imide groups is 6. The van der Waals surface area contributed by atoms with E-state index in [1.165, 1.54) is 41.5 Å². The van der Waals surface area contributed by atoms with Gasteiger partial charge in [0.15, 0.2) is 0 Å². The van der Waals surface area contributed by atoms with Crippen LogP contribution in [0.2, 0.25) is 0 Å². The third kappa shape index (κ3) is 8.61. The molecule has 8 atom stereocenters. The number of rotatable bonds is 8. The topological polar surface area (TPSA) is 302 Å². The van der Waals surface area contributed by atoms with E-state index in [0.29, 0.717) is 6.42 Å². The zero-order chi connectivity index (χ0) is 64.4. The van der Waals surface area contributed by atoms with E-state index in [4.69, 9.17) is 0 Å². The average molecular weight is 1200 g/mol. The Hall–Kier alpha value is -7.92. The number of aromatic nitrogens is 2. The van der Waals surface area contributed by atoms with E-state index in [0.717, 1.165) is 9.13 Å². The largest absolute Gasteiger partial charge is 0.280 e. The summed E-state index contributed by atoms with van der Waals surface area (Å²) < 4.78 is 2.30. The lowest BCUT2D eigenvalue weighted by Gasteiger charge is -2.44. The van der Waals surface area contributed by atoms with Gasteiger partial charge < -0.3 is 0 Å². The van der Waals surface area contributed by atoms with Gasteiger partial charge in [0, 0.05) is 60.2 Å². The number of fused-ring (bicyclic) bond motifs is 9. The second-order valence-corrected chi connectivity index (χ2v) is 27.2. The molecule has 3 saturated carbocycles. The van der Waals surface area contributed by atoms with Crippen LogP contribution >= 0.6 is 0 Å². The number of hydrogen-bond donors (Lipinski definition) is 0. The fourth-order valence-corrected chi connectivity index (χ4v) is 16.2. The Morgan fingerprint density at radius 1 is 0.253 bits per heavy atom. The molecule has 24 heteroatoms. The van der Waals surface area contributed by atoms with Crippen molar-refractivity contribution in [2.24, 2.45) is 82.9 Å². The van der Waals surface area contributed by atoms with Crippen molar-refractivity contribution < 1.29 is 57.5 Å². The molecule has 0 N–H and O–H groups in total. The van der Waals surface area contributed by atoms with Gasteiger partial charge >= 0.3 is 0 Å². The smallest absolute Gasteiger partial charge is 0.261 e. The van der Waals surface area contributed by atoms with E-state index in [9.17, 15) is 76.7 Å². The highest BCUT2D eigenvalue weighted by molar-refractivity contribution is 6.18. The summed E-state index contributed by atoms with van der Waals surface area (Å²) in [6.07, 6.45) is 4.13. The molecule has 3 aromatic rings. The zero-order valence-electron chi connectivity index (χ0n) is 51.8. The van der Waals surface area contributed by atoms with Crippen molar-refractivity contribution in [2.45, 2.75) is 166 Å². The van der Waals surface area contributed by atoms with Gasteiger partial charge in [-0.2, -0.15) is 0 Å². The fraction of sp³-hybridized carbons (Fsp3) is 0.619. The molecule has 6 aliphatic heterocycles. The first-order chi connectivity index (χ1) is 40.6. The van der Waals surface area contributed by atoms with Crippen molar-refractivity contribution in [1.82, 2.24) is 38.5 Å². The van der Waals surface area contributed by atoms with Crippen LogP contribution in [0.3, 0.4) is 0 Å². The molecule has 8 unspecified atom stereocenters. The van der Waals surface area contributed by atoms with Crippen molar-refractivity contribution in [3.05, 3.63) is 65.7 Å². The van der Waals surface area contributed by atoms with E-state index in [-0.39, 0.29) is 153 Å². The van der Waals surface area contributed by atoms with Gasteiger partial charge in [-0.15, -0.1) is 0 Å². The molecule has 2 bridgehead atoms. The van der Waals surface area contributed by atoms with Crippen LogP contribution in [0, 0.1) is 82.9 Å². The molecule has 9 fully saturated rings. The number of likely N-dealkylation sites (tertiary alicyclic amines) is 6. The molecule has 11 aliphatic rings. The molecule has 0 radical (unpaired) electrons. The highest BCUT2D eigenvalue weighted by atomic mass is 16.2. The number of hydrogen-bond acceptors (Lipinski definition) is 16. The number of allylic oxidation sites excluding steroid dienone is 2. The van der Waals surface area contributed by atoms with Gasteiger partial charge in [0.1, 0.15) is 0 Å². The van der Waals surface area contributed by atoms with Crippen molar-refractivity contribution in [2.75, 3.05) is 0 Å². The minimum absolute atomic E-state index is 0.180. The van der Waals surface area contributed by atoms with E-state index in [1.807, 2.05) is 39.8 Å². The second-order valence-electron chi connectivity index (χ2n) is 27.2. The van der Waals surface area contributed by atoms with Gasteiger partial charge in [0.05, 0.1) is 92.6 Å². The number of nitrogens with zero attached hydrogens (tertiary/aromatic N) is 8. The Balaban J connectivity index is 0.000000129. The minimum atomic E-state index is -0.634. The van der Waals surface area contributed by atoms with Crippen LogP contribution in [0.5, 0.6) is 0 Å². The van der Waals surface area contributed by atoms with Crippen molar-refractivity contribution in [3.63, 3.8) is 0 Å². The molecule has 87 heavy (non-hydrogen) atoms. The van der Waals surface area contributed by atoms with Gasteiger partial charge in [0.25, 0.3) is 22.2 Å². The van der Waals surface area contributed by atoms with E-state index in [1.54, 1.807) is 83.1 Å². The minimum Gasteiger partial charge on any atom is -0.280 e. The lowest BCUT2D eigenvalue weighted by molar-refractivity contribution is -0.146. The molecule has 8 heterocycles. The standard InChI is InChI=1S/C18H22N2O4.C16H16N2O4.C15H20N2O4.C14H18N2O4/c1-7(2)19-15(21)11-9-5-6-10(12(11)16(19)22)14-13(9)17(23)20(8(3)4)18(14)24;1-7(2)17-13(19)9-5-11-12(6-10(9)14(17)20)16(22)18(8(3)4)15(11)21;1-6(2)16-12(18)8-5-9-11(10(8)14(16)20)15(21)17(7(3)4)13(9)19;1-5(2)15-11(17)7-8(12(15)18)10-9(7)13(19)16(6(3)4)14(10)20/h5-14H,1-4H3;5-8H,1-4H3;6-11H,5H2,1-4H3;5-10H,1-4H3. The molecule has 24 nitrogen and oxygen atoms in total. The summed E-state index contributed by atoms with van der Waals surface area (Å²) in [5.41, 5.74) is -1.66. The molecule has 14 rings (SSSR count). The molecule has 6 saturated heterocycles. The van der Waals surface area contributed by atoms with Crippen LogP contribution in [-0.4, -0.2) is 146 Å². The summed E-state index contributed by atoms with van der Waals surface area (Å²) in [4.78, 5) is 207. The SMILES string of the molecule is CC(C)N1C(=O)C2C(C1=O)C1C(=O)N(C(C)C)C(=O)C21.CC(C)N1C(=O)C2C3C=CC(C2C1=O)C1C(=O)N(C(C)C)C(=O)C31.CC(C)N1C(=O)C2CC3C(=O)N(C(C)C)C(=O)C3C2C1=O.CC(C)n1c(=O)c2cc3c(=O)n(C(C)C)c(=O)c3cc2c1=O. The predicted molar refractivity (Wildman–Crippen MR) is 310 cm³/mol. The molecule has 1 aromatic carbocycles. The highest BCUT2D eigenvalue weighted by Crippen LogP contribution is 2.59. The Bertz CT molecular complexity index is 3440. The van der Waals surface area contributed by atoms with Crippen molar-refractivity contribution in [1.29, 1.82) is 0 Å². The van der Waals surface area contributed by atoms with Crippen LogP contribution in [0.15, 0.2) is 43.5 Å². The van der Waals surface area contributed by atoms with Crippen LogP contribution in [-0.2, 0) is 57.5 Å². The van der Waals surface area contributed by atoms with E-state index < -0.39 is 93.3 Å². The van der Waals surface area contributed by atoms with Crippen molar-refractivity contribution in [3.8, 4) is 0 Å². The summed E-state index contributed by atoms with van der Waals surface area (Å²) in [5.74, 6) is -10.2. The predicted octanol–water partition coefficient (Wildman–Crippen LogP) is 2.32. The number of amides is 12. The first kappa shape index (κ1) is 62.1. The summed E-state index contributed by atoms with van der Waals surface area (Å²) in [7, 11) is 0. The summed E-state index contributed by atoms with van der Waals surface area (Å²) in [5, 5.41) is 0.793. The van der Waals surface area contributed by atoms with Crippen molar-refractivity contribution >= 4 is 92.4 Å². The van der Waals surface area contributed by atoms with E-state index in [2.05, 4.69) is 0 Å². The average Bonchev–Trinajstić information content (AvgIpc) is 1.56. The summed E-state index contributed by atoms with van der Waals surface area (Å²) in [6, 6.07) is 0.944. The lowest BCUT2D eigenvalue weighted by atomic mass is 9.54. The van der Waals surface area contributed by atoms with E-state index >= 15 is 0 Å². The molecule has 12 amide bonds. The normalized spacial score (nSPS) is 31.1. The molecule has 5 aliphatic carbocycles. The zero-order valence-corrected chi connectivity index (χ0v) is 51.8. The Kier molecular flexibility index (Phi) is 15.3. The van der Waals surface area contributed by atoms with Gasteiger partial charge in [0.2, 0.25) is 70.9 Å².